The van der Waals surface area contributed by atoms with Crippen molar-refractivity contribution in [2.75, 3.05) is 0 Å². The van der Waals surface area contributed by atoms with Gasteiger partial charge in [0, 0.05) is 0 Å². The van der Waals surface area contributed by atoms with Crippen molar-refractivity contribution in [2.24, 2.45) is 0 Å². The summed E-state index contributed by atoms with van der Waals surface area (Å²) in [4.78, 5) is 7.22. The van der Waals surface area contributed by atoms with Gasteiger partial charge in [0.1, 0.15) is 0 Å². The van der Waals surface area contributed by atoms with E-state index in [0.717, 1.165) is 0 Å². The Labute approximate surface area is 115 Å². The van der Waals surface area contributed by atoms with E-state index < -0.39 is 12.4 Å². The molecule has 3 heteroatoms. The van der Waals surface area contributed by atoms with Crippen molar-refractivity contribution < 1.29 is 12.4 Å². The molecule has 0 unspecified atom stereocenters. The third kappa shape index (κ3) is 1.40. The summed E-state index contributed by atoms with van der Waals surface area (Å²) in [6.07, 6.45) is 4.19. The van der Waals surface area contributed by atoms with Crippen LogP contribution in [0.1, 0.15) is 27.7 Å². The van der Waals surface area contributed by atoms with Crippen molar-refractivity contribution in [1.29, 1.82) is 0 Å². The molecule has 2 heterocycles. The van der Waals surface area contributed by atoms with Gasteiger partial charge in [0.25, 0.3) is 0 Å². The normalized spacial score (nSPS) is 16.0. The fourth-order valence-electron chi connectivity index (χ4n) is 3.58. The first kappa shape index (κ1) is 14.6. The van der Waals surface area contributed by atoms with Crippen LogP contribution in [0.4, 0.5) is 0 Å². The Kier molecular flexibility index (Phi) is 3.34. The maximum absolute atomic E-state index is 3.61. The van der Waals surface area contributed by atoms with E-state index >= 15 is 0 Å². The number of hydrogen-bond acceptors (Lipinski definition) is 0. The maximum atomic E-state index is 3.61. The van der Waals surface area contributed by atoms with Gasteiger partial charge >= 0.3 is 115 Å². The molecule has 2 aromatic heterocycles. The second-order valence-corrected chi connectivity index (χ2v) is 22.5. The van der Waals surface area contributed by atoms with Crippen LogP contribution < -0.4 is 8.58 Å². The van der Waals surface area contributed by atoms with Gasteiger partial charge in [-0.3, -0.25) is 0 Å². The molecule has 2 rings (SSSR count). The van der Waals surface area contributed by atoms with Gasteiger partial charge in [-0.1, -0.05) is 0 Å². The SMILES string of the molecule is C[CH2][Ru]([CH2]C)([CH2]C)([CH2]C)([c]1ccc[nH]1)[c]1ccc[nH]1. The molecule has 0 aliphatic rings. The van der Waals surface area contributed by atoms with Crippen LogP contribution in [0.15, 0.2) is 36.7 Å². The first-order valence-electron chi connectivity index (χ1n) is 7.17. The van der Waals surface area contributed by atoms with E-state index in [9.17, 15) is 0 Å². The van der Waals surface area contributed by atoms with Crippen LogP contribution >= 0.6 is 0 Å². The summed E-state index contributed by atoms with van der Waals surface area (Å²) in [6.45, 7) is 9.60. The molecule has 0 saturated heterocycles. The van der Waals surface area contributed by atoms with Crippen molar-refractivity contribution in [3.05, 3.63) is 36.7 Å². The Morgan fingerprint density at radius 3 is 1.32 bits per heavy atom. The molecule has 0 saturated carbocycles. The minimum absolute atomic E-state index is 1.26. The Morgan fingerprint density at radius 2 is 1.11 bits per heavy atom. The van der Waals surface area contributed by atoms with Crippen LogP contribution in [0.5, 0.6) is 0 Å². The van der Waals surface area contributed by atoms with E-state index in [0.29, 0.717) is 0 Å². The molecule has 2 aromatic rings. The van der Waals surface area contributed by atoms with Crippen molar-refractivity contribution in [2.45, 2.75) is 47.8 Å². The molecular weight excluding hydrogens is 321 g/mol. The third-order valence-electron chi connectivity index (χ3n) is 5.49. The number of aromatic nitrogens is 2. The van der Waals surface area contributed by atoms with Crippen LogP contribution in [-0.4, -0.2) is 9.97 Å². The number of rotatable bonds is 6. The summed E-state index contributed by atoms with van der Waals surface area (Å²) in [5, 5.41) is 5.03. The van der Waals surface area contributed by atoms with Gasteiger partial charge in [0.05, 0.1) is 0 Å². The fraction of sp³-hybridized carbons (Fsp3) is 0.500. The van der Waals surface area contributed by atoms with E-state index in [4.69, 9.17) is 0 Å². The van der Waals surface area contributed by atoms with Gasteiger partial charge in [-0.15, -0.1) is 0 Å². The molecule has 0 fully saturated rings. The van der Waals surface area contributed by atoms with Crippen molar-refractivity contribution >= 4 is 8.58 Å². The van der Waals surface area contributed by atoms with Crippen molar-refractivity contribution in [1.82, 2.24) is 9.97 Å². The third-order valence-corrected chi connectivity index (χ3v) is 28.2. The molecular formula is C16H28N2Ru. The van der Waals surface area contributed by atoms with Gasteiger partial charge in [0.2, 0.25) is 0 Å². The average molecular weight is 349 g/mol. The summed E-state index contributed by atoms with van der Waals surface area (Å²) in [6, 6.07) is 8.99. The Bertz CT molecular complexity index is 466. The molecule has 0 atom stereocenters. The Morgan fingerprint density at radius 1 is 0.737 bits per heavy atom. The van der Waals surface area contributed by atoms with Gasteiger partial charge in [-0.2, -0.15) is 0 Å². The average Bonchev–Trinajstić information content (AvgIpc) is 3.18. The van der Waals surface area contributed by atoms with Crippen LogP contribution in [0.3, 0.4) is 0 Å². The zero-order valence-electron chi connectivity index (χ0n) is 12.6. The predicted octanol–water partition coefficient (Wildman–Crippen LogP) is 4.27. The molecule has 0 radical (unpaired) electrons. The molecule has 0 spiro atoms. The van der Waals surface area contributed by atoms with E-state index in [1.165, 1.54) is 28.6 Å². The number of aromatic amines is 2. The summed E-state index contributed by atoms with van der Waals surface area (Å²) in [5.74, 6) is 0. The summed E-state index contributed by atoms with van der Waals surface area (Å²) < 4.78 is 3.03. The number of H-pyrrole nitrogens is 2. The number of hydrogen-bond donors (Lipinski definition) is 2. The topological polar surface area (TPSA) is 31.6 Å². The summed E-state index contributed by atoms with van der Waals surface area (Å²) in [7, 11) is 0. The van der Waals surface area contributed by atoms with E-state index in [2.05, 4.69) is 74.3 Å². The van der Waals surface area contributed by atoms with Gasteiger partial charge in [-0.05, 0) is 0 Å². The predicted molar refractivity (Wildman–Crippen MR) is 82.8 cm³/mol. The van der Waals surface area contributed by atoms with Crippen LogP contribution in [0, 0.1) is 0 Å². The van der Waals surface area contributed by atoms with Gasteiger partial charge < -0.3 is 0 Å². The monoisotopic (exact) mass is 350 g/mol. The Balaban J connectivity index is 2.97. The number of nitrogens with one attached hydrogen (secondary N) is 2. The molecule has 2 N–H and O–H groups in total. The standard InChI is InChI=1S/2C4H4N.4C2H5.Ru/c2*1-2-4-5-3-1;4*1-2;/h2*1-3,5H;4*1H2,2H3;. The molecule has 0 aliphatic carbocycles. The van der Waals surface area contributed by atoms with E-state index in [-0.39, 0.29) is 0 Å². The first-order valence-corrected chi connectivity index (χ1v) is 13.8. The van der Waals surface area contributed by atoms with Gasteiger partial charge in [-0.25, -0.2) is 0 Å². The molecule has 19 heavy (non-hydrogen) atoms. The molecule has 110 valence electrons. The summed E-state index contributed by atoms with van der Waals surface area (Å²) in [5.41, 5.74) is 0. The molecule has 0 aromatic carbocycles. The van der Waals surface area contributed by atoms with Gasteiger partial charge in [0.15, 0.2) is 0 Å². The fourth-order valence-corrected chi connectivity index (χ4v) is 18.8. The molecule has 0 bridgehead atoms. The quantitative estimate of drug-likeness (QED) is 0.730. The molecule has 0 amide bonds. The zero-order chi connectivity index (χ0) is 14.0. The van der Waals surface area contributed by atoms with Crippen LogP contribution in [0.2, 0.25) is 20.1 Å². The second kappa shape index (κ2) is 4.34. The molecule has 0 aliphatic heterocycles. The zero-order valence-corrected chi connectivity index (χ0v) is 14.4. The van der Waals surface area contributed by atoms with E-state index in [1.807, 2.05) is 0 Å². The van der Waals surface area contributed by atoms with Crippen LogP contribution in [-0.2, 0) is 12.4 Å². The van der Waals surface area contributed by atoms with E-state index in [1.54, 1.807) is 0 Å². The van der Waals surface area contributed by atoms with Crippen molar-refractivity contribution in [3.8, 4) is 0 Å². The first-order chi connectivity index (χ1) is 9.09. The van der Waals surface area contributed by atoms with Crippen molar-refractivity contribution in [3.63, 3.8) is 0 Å². The molecule has 2 nitrogen and oxygen atoms in total. The van der Waals surface area contributed by atoms with Crippen LogP contribution in [0.25, 0.3) is 0 Å². The summed E-state index contributed by atoms with van der Waals surface area (Å²) >= 11 is -3.34. The minimum atomic E-state index is -3.34. The second-order valence-electron chi connectivity index (χ2n) is 5.16. The Hall–Kier alpha value is -0.817.